The number of unbranched alkanes of at least 4 members (excludes halogenated alkanes) is 1. The molecule has 0 spiro atoms. The first-order valence-electron chi connectivity index (χ1n) is 4.58. The summed E-state index contributed by atoms with van der Waals surface area (Å²) >= 11 is 1.64. The average molecular weight is 242 g/mol. The zero-order chi connectivity index (χ0) is 10.3. The molecular formula is C9H20ClNO2S. The van der Waals surface area contributed by atoms with Crippen molar-refractivity contribution in [3.63, 3.8) is 0 Å². The molecule has 0 aliphatic heterocycles. The Morgan fingerprint density at radius 2 is 2.07 bits per heavy atom. The molecule has 0 fully saturated rings. The fraction of sp³-hybridized carbons (Fsp3) is 0.889. The SMILES string of the molecule is CCCC[C@@](N)(CCSC)C(=O)O.Cl. The molecule has 0 aromatic carbocycles. The van der Waals surface area contributed by atoms with E-state index in [-0.39, 0.29) is 12.4 Å². The second-order valence-electron chi connectivity index (χ2n) is 3.31. The Labute approximate surface area is 96.2 Å². The lowest BCUT2D eigenvalue weighted by Crippen LogP contribution is -2.48. The second kappa shape index (κ2) is 8.38. The van der Waals surface area contributed by atoms with Crippen molar-refractivity contribution >= 4 is 30.1 Å². The van der Waals surface area contributed by atoms with Gasteiger partial charge in [-0.05, 0) is 24.9 Å². The van der Waals surface area contributed by atoms with E-state index in [1.54, 1.807) is 11.8 Å². The summed E-state index contributed by atoms with van der Waals surface area (Å²) < 4.78 is 0. The first kappa shape index (κ1) is 16.5. The first-order chi connectivity index (χ1) is 6.06. The number of carbonyl (C=O) groups is 1. The first-order valence-corrected chi connectivity index (χ1v) is 5.97. The minimum absolute atomic E-state index is 0. The molecule has 5 heteroatoms. The molecule has 0 saturated carbocycles. The second-order valence-corrected chi connectivity index (χ2v) is 4.29. The minimum Gasteiger partial charge on any atom is -0.480 e. The van der Waals surface area contributed by atoms with Crippen LogP contribution in [0.4, 0.5) is 0 Å². The summed E-state index contributed by atoms with van der Waals surface area (Å²) in [5, 5.41) is 8.95. The van der Waals surface area contributed by atoms with Crippen LogP contribution in [-0.2, 0) is 4.79 Å². The topological polar surface area (TPSA) is 63.3 Å². The standard InChI is InChI=1S/C9H19NO2S.ClH/c1-3-4-5-9(10,8(11)12)6-7-13-2;/h3-7,10H2,1-2H3,(H,11,12);1H/t9-;/m1./s1. The normalized spacial score (nSPS) is 14.2. The van der Waals surface area contributed by atoms with Crippen molar-refractivity contribution < 1.29 is 9.90 Å². The smallest absolute Gasteiger partial charge is 0.323 e. The Hall–Kier alpha value is 0.0700. The van der Waals surface area contributed by atoms with Crippen LogP contribution < -0.4 is 5.73 Å². The van der Waals surface area contributed by atoms with Crippen molar-refractivity contribution in [1.29, 1.82) is 0 Å². The van der Waals surface area contributed by atoms with Gasteiger partial charge in [0.05, 0.1) is 0 Å². The molecule has 3 N–H and O–H groups in total. The van der Waals surface area contributed by atoms with E-state index in [4.69, 9.17) is 10.8 Å². The van der Waals surface area contributed by atoms with Gasteiger partial charge in [0, 0.05) is 0 Å². The largest absolute Gasteiger partial charge is 0.480 e. The van der Waals surface area contributed by atoms with Crippen molar-refractivity contribution in [2.75, 3.05) is 12.0 Å². The molecule has 0 radical (unpaired) electrons. The van der Waals surface area contributed by atoms with Gasteiger partial charge in [0.25, 0.3) is 0 Å². The molecule has 0 bridgehead atoms. The lowest BCUT2D eigenvalue weighted by Gasteiger charge is -2.23. The van der Waals surface area contributed by atoms with Crippen LogP contribution in [0, 0.1) is 0 Å². The number of hydrogen-bond donors (Lipinski definition) is 2. The monoisotopic (exact) mass is 241 g/mol. The fourth-order valence-corrected chi connectivity index (χ4v) is 1.68. The molecule has 86 valence electrons. The fourth-order valence-electron chi connectivity index (χ4n) is 1.12. The number of nitrogens with two attached hydrogens (primary N) is 1. The number of carboxylic acid groups (broad SMARTS) is 1. The predicted octanol–water partition coefficient (Wildman–Crippen LogP) is 2.13. The number of halogens is 1. The van der Waals surface area contributed by atoms with Crippen molar-refractivity contribution in [2.24, 2.45) is 5.73 Å². The third-order valence-corrected chi connectivity index (χ3v) is 2.77. The van der Waals surface area contributed by atoms with E-state index >= 15 is 0 Å². The van der Waals surface area contributed by atoms with Crippen LogP contribution in [0.2, 0.25) is 0 Å². The molecule has 0 aromatic rings. The van der Waals surface area contributed by atoms with E-state index in [9.17, 15) is 4.79 Å². The summed E-state index contributed by atoms with van der Waals surface area (Å²) in [6.45, 7) is 2.04. The van der Waals surface area contributed by atoms with Gasteiger partial charge in [-0.3, -0.25) is 4.79 Å². The Morgan fingerprint density at radius 3 is 2.43 bits per heavy atom. The Balaban J connectivity index is 0. The number of rotatable bonds is 7. The van der Waals surface area contributed by atoms with E-state index in [1.165, 1.54) is 0 Å². The van der Waals surface area contributed by atoms with Gasteiger partial charge >= 0.3 is 5.97 Å². The Kier molecular flexibility index (Phi) is 9.88. The van der Waals surface area contributed by atoms with Gasteiger partial charge in [-0.2, -0.15) is 11.8 Å². The van der Waals surface area contributed by atoms with Crippen LogP contribution in [0.15, 0.2) is 0 Å². The van der Waals surface area contributed by atoms with E-state index in [1.807, 2.05) is 13.2 Å². The van der Waals surface area contributed by atoms with Crippen LogP contribution in [0.1, 0.15) is 32.6 Å². The van der Waals surface area contributed by atoms with Crippen LogP contribution in [-0.4, -0.2) is 28.6 Å². The molecular weight excluding hydrogens is 222 g/mol. The molecule has 0 aromatic heterocycles. The number of hydrogen-bond acceptors (Lipinski definition) is 3. The van der Waals surface area contributed by atoms with Crippen LogP contribution in [0.3, 0.4) is 0 Å². The van der Waals surface area contributed by atoms with Crippen molar-refractivity contribution in [1.82, 2.24) is 0 Å². The van der Waals surface area contributed by atoms with Crippen molar-refractivity contribution in [3.05, 3.63) is 0 Å². The maximum atomic E-state index is 10.9. The van der Waals surface area contributed by atoms with Gasteiger partial charge < -0.3 is 10.8 Å². The maximum Gasteiger partial charge on any atom is 0.323 e. The van der Waals surface area contributed by atoms with Gasteiger partial charge in [-0.1, -0.05) is 19.8 Å². The van der Waals surface area contributed by atoms with Crippen molar-refractivity contribution in [2.45, 2.75) is 38.1 Å². The lowest BCUT2D eigenvalue weighted by molar-refractivity contribution is -0.143. The molecule has 14 heavy (non-hydrogen) atoms. The molecule has 0 amide bonds. The van der Waals surface area contributed by atoms with Gasteiger partial charge in [0.15, 0.2) is 0 Å². The van der Waals surface area contributed by atoms with Crippen LogP contribution in [0.5, 0.6) is 0 Å². The third kappa shape index (κ3) is 5.73. The molecule has 3 nitrogen and oxygen atoms in total. The van der Waals surface area contributed by atoms with E-state index in [2.05, 4.69) is 0 Å². The number of thioether (sulfide) groups is 1. The van der Waals surface area contributed by atoms with Crippen LogP contribution in [0.25, 0.3) is 0 Å². The van der Waals surface area contributed by atoms with Gasteiger partial charge in [0.2, 0.25) is 0 Å². The zero-order valence-corrected chi connectivity index (χ0v) is 10.4. The summed E-state index contributed by atoms with van der Waals surface area (Å²) in [6, 6.07) is 0. The third-order valence-electron chi connectivity index (χ3n) is 2.15. The van der Waals surface area contributed by atoms with Crippen molar-refractivity contribution in [3.8, 4) is 0 Å². The number of aliphatic carboxylic acids is 1. The molecule has 1 atom stereocenters. The zero-order valence-electron chi connectivity index (χ0n) is 8.78. The highest BCUT2D eigenvalue weighted by molar-refractivity contribution is 7.98. The van der Waals surface area contributed by atoms with E-state index < -0.39 is 11.5 Å². The lowest BCUT2D eigenvalue weighted by atomic mass is 9.91. The average Bonchev–Trinajstić information content (AvgIpc) is 2.11. The van der Waals surface area contributed by atoms with Gasteiger partial charge in [0.1, 0.15) is 5.54 Å². The minimum atomic E-state index is -1.00. The predicted molar refractivity (Wildman–Crippen MR) is 64.3 cm³/mol. The van der Waals surface area contributed by atoms with Gasteiger partial charge in [-0.25, -0.2) is 0 Å². The highest BCUT2D eigenvalue weighted by Gasteiger charge is 2.32. The molecule has 0 heterocycles. The highest BCUT2D eigenvalue weighted by atomic mass is 35.5. The summed E-state index contributed by atoms with van der Waals surface area (Å²) in [5.74, 6) is -0.0537. The Morgan fingerprint density at radius 1 is 1.50 bits per heavy atom. The molecule has 0 aliphatic rings. The number of carboxylic acids is 1. The summed E-state index contributed by atoms with van der Waals surface area (Å²) in [4.78, 5) is 10.9. The summed E-state index contributed by atoms with van der Waals surface area (Å²) in [6.07, 6.45) is 4.98. The summed E-state index contributed by atoms with van der Waals surface area (Å²) in [7, 11) is 0. The summed E-state index contributed by atoms with van der Waals surface area (Å²) in [5.41, 5.74) is 4.80. The molecule has 0 aliphatic carbocycles. The van der Waals surface area contributed by atoms with Gasteiger partial charge in [-0.15, -0.1) is 12.4 Å². The molecule has 0 unspecified atom stereocenters. The van der Waals surface area contributed by atoms with Crippen LogP contribution >= 0.6 is 24.2 Å². The highest BCUT2D eigenvalue weighted by Crippen LogP contribution is 2.18. The Bertz CT molecular complexity index is 159. The molecule has 0 saturated heterocycles. The quantitative estimate of drug-likeness (QED) is 0.717. The van der Waals surface area contributed by atoms with E-state index in [0.29, 0.717) is 12.8 Å². The molecule has 0 rings (SSSR count). The maximum absolute atomic E-state index is 10.9. The van der Waals surface area contributed by atoms with E-state index in [0.717, 1.165) is 18.6 Å².